The number of rotatable bonds is 2. The summed E-state index contributed by atoms with van der Waals surface area (Å²) >= 11 is 0. The zero-order valence-electron chi connectivity index (χ0n) is 21.6. The zero-order chi connectivity index (χ0) is 25.7. The van der Waals surface area contributed by atoms with Crippen LogP contribution in [-0.4, -0.2) is 16.6 Å². The molecule has 0 saturated carbocycles. The van der Waals surface area contributed by atoms with Crippen molar-refractivity contribution in [3.63, 3.8) is 0 Å². The van der Waals surface area contributed by atoms with Gasteiger partial charge in [-0.05, 0) is 58.1 Å². The van der Waals surface area contributed by atoms with Gasteiger partial charge in [0.05, 0.1) is 28.1 Å². The lowest BCUT2D eigenvalue weighted by atomic mass is 9.66. The van der Waals surface area contributed by atoms with Crippen molar-refractivity contribution in [2.45, 2.75) is 6.42 Å². The number of benzene rings is 3. The summed E-state index contributed by atoms with van der Waals surface area (Å²) in [6.45, 7) is 0. The molecule has 0 amide bonds. The smallest absolute Gasteiger partial charge is 0.145 e. The maximum Gasteiger partial charge on any atom is 0.145 e. The van der Waals surface area contributed by atoms with Crippen LogP contribution in [0.5, 0.6) is 0 Å². The van der Waals surface area contributed by atoms with Gasteiger partial charge in [0.15, 0.2) is 0 Å². The molecule has 4 aliphatic carbocycles. The summed E-state index contributed by atoms with van der Waals surface area (Å²) in [5.74, 6) is 1.28. The molecule has 1 aliphatic heterocycles. The van der Waals surface area contributed by atoms with E-state index in [0.717, 1.165) is 28.8 Å². The highest BCUT2D eigenvalue weighted by Gasteiger charge is 2.37. The average Bonchev–Trinajstić information content (AvgIpc) is 3.39. The number of para-hydroxylation sites is 2. The van der Waals surface area contributed by atoms with Gasteiger partial charge in [-0.1, -0.05) is 97.1 Å². The lowest BCUT2D eigenvalue weighted by Gasteiger charge is -2.39. The summed E-state index contributed by atoms with van der Waals surface area (Å²) in [5, 5.41) is 0. The third kappa shape index (κ3) is 2.74. The maximum absolute atomic E-state index is 5.15. The van der Waals surface area contributed by atoms with Crippen LogP contribution in [0.3, 0.4) is 0 Å². The molecule has 39 heavy (non-hydrogen) atoms. The van der Waals surface area contributed by atoms with E-state index < -0.39 is 0 Å². The minimum absolute atomic E-state index is 0.298. The molecule has 0 N–H and O–H groups in total. The molecule has 1 unspecified atom stereocenters. The highest BCUT2D eigenvalue weighted by molar-refractivity contribution is 6.04. The fourth-order valence-electron chi connectivity index (χ4n) is 7.16. The number of aromatic nitrogens is 2. The van der Waals surface area contributed by atoms with Crippen molar-refractivity contribution in [3.05, 3.63) is 149 Å². The normalized spacial score (nSPS) is 19.8. The Morgan fingerprint density at radius 3 is 2.64 bits per heavy atom. The lowest BCUT2D eigenvalue weighted by Crippen LogP contribution is -2.24. The zero-order valence-corrected chi connectivity index (χ0v) is 21.6. The molecule has 4 aromatic rings. The highest BCUT2D eigenvalue weighted by atomic mass is 15.2. The summed E-state index contributed by atoms with van der Waals surface area (Å²) in [6, 6.07) is 23.8. The molecule has 0 radical (unpaired) electrons. The molecule has 1 aromatic heterocycles. The molecule has 3 heteroatoms. The van der Waals surface area contributed by atoms with E-state index in [2.05, 4.69) is 132 Å². The Labute approximate surface area is 227 Å². The number of nitrogens with zero attached hydrogens (tertiary/aromatic N) is 3. The van der Waals surface area contributed by atoms with E-state index in [0.29, 0.717) is 5.92 Å². The fourth-order valence-corrected chi connectivity index (χ4v) is 7.16. The SMILES string of the molecule is CN1c2c(C3=CC4=C5C(=CC=C6C=CC=C3C65)C=CC4)cccc2-n2c(-c3ccccc3)nc3cccc1c32. The first kappa shape index (κ1) is 21.1. The number of hydrogen-bond acceptors (Lipinski definition) is 2. The molecular weight excluding hydrogens is 474 g/mol. The molecule has 3 nitrogen and oxygen atoms in total. The van der Waals surface area contributed by atoms with Crippen LogP contribution in [0.4, 0.5) is 11.4 Å². The van der Waals surface area contributed by atoms with Gasteiger partial charge in [-0.15, -0.1) is 0 Å². The summed E-state index contributed by atoms with van der Waals surface area (Å²) < 4.78 is 2.37. The summed E-state index contributed by atoms with van der Waals surface area (Å²) in [6.07, 6.45) is 19.5. The fraction of sp³-hybridized carbons (Fsp3) is 0.0833. The molecule has 3 aromatic carbocycles. The Morgan fingerprint density at radius 2 is 1.72 bits per heavy atom. The van der Waals surface area contributed by atoms with Crippen LogP contribution < -0.4 is 4.90 Å². The summed E-state index contributed by atoms with van der Waals surface area (Å²) in [7, 11) is 2.20. The molecule has 0 fully saturated rings. The van der Waals surface area contributed by atoms with E-state index in [4.69, 9.17) is 4.98 Å². The first-order valence-corrected chi connectivity index (χ1v) is 13.6. The predicted molar refractivity (Wildman–Crippen MR) is 160 cm³/mol. The van der Waals surface area contributed by atoms with Crippen molar-refractivity contribution in [3.8, 4) is 17.1 Å². The van der Waals surface area contributed by atoms with E-state index >= 15 is 0 Å². The van der Waals surface area contributed by atoms with Crippen LogP contribution in [0.25, 0.3) is 33.7 Å². The third-order valence-corrected chi connectivity index (χ3v) is 8.80. The summed E-state index contributed by atoms with van der Waals surface area (Å²) in [5.41, 5.74) is 16.5. The Bertz CT molecular complexity index is 1990. The predicted octanol–water partition coefficient (Wildman–Crippen LogP) is 8.41. The Hall–Kier alpha value is -4.89. The van der Waals surface area contributed by atoms with Crippen LogP contribution in [-0.2, 0) is 0 Å². The molecule has 0 saturated heterocycles. The highest BCUT2D eigenvalue weighted by Crippen LogP contribution is 2.54. The summed E-state index contributed by atoms with van der Waals surface area (Å²) in [4.78, 5) is 7.52. The standard InChI is InChI=1S/C36H25N3/c1-38-30-17-8-16-29-35(30)39(36(37-29)24-9-3-2-4-10-24)31-18-7-15-27(34(31)38)28-21-25-13-5-11-22-19-20-23-12-6-14-26(28)33(23)32(22)25/h2-12,14-21,33H,13H2,1H3. The maximum atomic E-state index is 5.15. The second kappa shape index (κ2) is 7.58. The Morgan fingerprint density at radius 1 is 0.846 bits per heavy atom. The lowest BCUT2D eigenvalue weighted by molar-refractivity contribution is 0.843. The Balaban J connectivity index is 1.34. The molecule has 184 valence electrons. The second-order valence-electron chi connectivity index (χ2n) is 10.8. The first-order chi connectivity index (χ1) is 19.3. The van der Waals surface area contributed by atoms with Gasteiger partial charge in [0.2, 0.25) is 0 Å². The number of hydrogen-bond donors (Lipinski definition) is 0. The van der Waals surface area contributed by atoms with Crippen molar-refractivity contribution in [1.29, 1.82) is 0 Å². The van der Waals surface area contributed by atoms with Crippen LogP contribution in [0, 0.1) is 5.92 Å². The number of fused-ring (bicyclic) bond motifs is 2. The van der Waals surface area contributed by atoms with Crippen LogP contribution >= 0.6 is 0 Å². The van der Waals surface area contributed by atoms with E-state index in [1.807, 2.05) is 0 Å². The molecule has 5 aliphatic rings. The number of imidazole rings is 1. The third-order valence-electron chi connectivity index (χ3n) is 8.80. The van der Waals surface area contributed by atoms with E-state index in [-0.39, 0.29) is 0 Å². The van der Waals surface area contributed by atoms with Gasteiger partial charge in [0.1, 0.15) is 5.82 Å². The van der Waals surface area contributed by atoms with Crippen molar-refractivity contribution in [2.24, 2.45) is 5.92 Å². The van der Waals surface area contributed by atoms with Gasteiger partial charge in [0, 0.05) is 24.1 Å². The molecule has 1 atom stereocenters. The van der Waals surface area contributed by atoms with Crippen molar-refractivity contribution < 1.29 is 0 Å². The van der Waals surface area contributed by atoms with Crippen LogP contribution in [0.15, 0.2) is 143 Å². The van der Waals surface area contributed by atoms with Gasteiger partial charge in [-0.25, -0.2) is 4.98 Å². The average molecular weight is 500 g/mol. The molecule has 0 bridgehead atoms. The van der Waals surface area contributed by atoms with Crippen molar-refractivity contribution in [1.82, 2.24) is 9.55 Å². The van der Waals surface area contributed by atoms with E-state index in [1.165, 1.54) is 56.1 Å². The number of anilines is 2. The molecule has 9 rings (SSSR count). The van der Waals surface area contributed by atoms with Gasteiger partial charge < -0.3 is 4.90 Å². The molecule has 2 heterocycles. The minimum Gasteiger partial charge on any atom is -0.341 e. The molecule has 0 spiro atoms. The van der Waals surface area contributed by atoms with Gasteiger partial charge in [0.25, 0.3) is 0 Å². The topological polar surface area (TPSA) is 21.1 Å². The van der Waals surface area contributed by atoms with Crippen molar-refractivity contribution in [2.75, 3.05) is 11.9 Å². The number of allylic oxidation sites excluding steroid dienone is 14. The molecular formula is C36H25N3. The van der Waals surface area contributed by atoms with E-state index in [1.54, 1.807) is 0 Å². The first-order valence-electron chi connectivity index (χ1n) is 13.6. The van der Waals surface area contributed by atoms with Gasteiger partial charge >= 0.3 is 0 Å². The van der Waals surface area contributed by atoms with Crippen molar-refractivity contribution >= 4 is 28.0 Å². The second-order valence-corrected chi connectivity index (χ2v) is 10.8. The van der Waals surface area contributed by atoms with E-state index in [9.17, 15) is 0 Å². The van der Waals surface area contributed by atoms with Crippen LogP contribution in [0.2, 0.25) is 0 Å². The quantitative estimate of drug-likeness (QED) is 0.276. The minimum atomic E-state index is 0.298. The Kier molecular flexibility index (Phi) is 4.10. The van der Waals surface area contributed by atoms with Gasteiger partial charge in [-0.2, -0.15) is 0 Å². The van der Waals surface area contributed by atoms with Crippen LogP contribution in [0.1, 0.15) is 12.0 Å². The van der Waals surface area contributed by atoms with Gasteiger partial charge in [-0.3, -0.25) is 4.57 Å². The monoisotopic (exact) mass is 499 g/mol. The largest absolute Gasteiger partial charge is 0.341 e.